The van der Waals surface area contributed by atoms with E-state index in [1.807, 2.05) is 6.07 Å². The molecule has 0 bridgehead atoms. The predicted molar refractivity (Wildman–Crippen MR) is 111 cm³/mol. The van der Waals surface area contributed by atoms with Crippen molar-refractivity contribution in [2.45, 2.75) is 20.4 Å². The van der Waals surface area contributed by atoms with E-state index in [1.54, 1.807) is 4.90 Å². The number of rotatable bonds is 3. The molecule has 5 nitrogen and oxygen atoms in total. The van der Waals surface area contributed by atoms with Crippen LogP contribution < -0.4 is 19.7 Å². The number of quaternary nitrogens is 1. The van der Waals surface area contributed by atoms with Gasteiger partial charge in [0.1, 0.15) is 6.54 Å². The highest BCUT2D eigenvalue weighted by Crippen LogP contribution is 2.32. The van der Waals surface area contributed by atoms with Gasteiger partial charge in [-0.25, -0.2) is 0 Å². The molecule has 2 aliphatic rings. The lowest BCUT2D eigenvalue weighted by atomic mass is 10.1. The second-order valence-corrected chi connectivity index (χ2v) is 7.67. The molecule has 1 fully saturated rings. The zero-order valence-electron chi connectivity index (χ0n) is 15.9. The van der Waals surface area contributed by atoms with Crippen LogP contribution in [0.15, 0.2) is 36.4 Å². The Hall–Kier alpha value is -2.31. The van der Waals surface area contributed by atoms with Gasteiger partial charge in [0.05, 0.1) is 26.2 Å². The fourth-order valence-corrected chi connectivity index (χ4v) is 3.92. The van der Waals surface area contributed by atoms with Gasteiger partial charge in [0, 0.05) is 11.3 Å². The molecule has 2 aromatic carbocycles. The van der Waals surface area contributed by atoms with Crippen LogP contribution in [-0.4, -0.2) is 43.0 Å². The Bertz CT molecular complexity index is 847. The highest BCUT2D eigenvalue weighted by atomic mass is 32.1. The van der Waals surface area contributed by atoms with E-state index >= 15 is 0 Å². The van der Waals surface area contributed by atoms with E-state index in [0.29, 0.717) is 6.79 Å². The minimum atomic E-state index is 0.329. The Kier molecular flexibility index (Phi) is 5.18. The molecule has 4 rings (SSSR count). The van der Waals surface area contributed by atoms with Gasteiger partial charge in [-0.05, 0) is 61.5 Å². The van der Waals surface area contributed by atoms with Gasteiger partial charge < -0.3 is 24.6 Å². The molecule has 6 heteroatoms. The van der Waals surface area contributed by atoms with Crippen LogP contribution >= 0.6 is 12.2 Å². The standard InChI is InChI=1S/C21H25N3O2S/c1-15-4-3-5-18(16(15)2)22-21(27)24-10-8-23(9-11-24)13-17-6-7-19-20(12-17)26-14-25-19/h3-7,12H,8-11,13-14H2,1-2H3,(H,22,27)/p+1. The van der Waals surface area contributed by atoms with E-state index in [-0.39, 0.29) is 0 Å². The van der Waals surface area contributed by atoms with Crippen LogP contribution in [0.5, 0.6) is 11.5 Å². The van der Waals surface area contributed by atoms with E-state index in [9.17, 15) is 0 Å². The molecule has 0 amide bonds. The number of nitrogens with one attached hydrogen (secondary N) is 2. The molecule has 0 radical (unpaired) electrons. The third kappa shape index (κ3) is 4.01. The average Bonchev–Trinajstić information content (AvgIpc) is 3.14. The van der Waals surface area contributed by atoms with Crippen LogP contribution in [0.2, 0.25) is 0 Å². The number of hydrogen-bond donors (Lipinski definition) is 2. The van der Waals surface area contributed by atoms with Gasteiger partial charge in [-0.1, -0.05) is 12.1 Å². The molecule has 0 spiro atoms. The lowest BCUT2D eigenvalue weighted by molar-refractivity contribution is -0.917. The summed E-state index contributed by atoms with van der Waals surface area (Å²) in [4.78, 5) is 3.85. The van der Waals surface area contributed by atoms with Crippen molar-refractivity contribution < 1.29 is 14.4 Å². The van der Waals surface area contributed by atoms with E-state index in [1.165, 1.54) is 16.7 Å². The molecule has 2 aliphatic heterocycles. The van der Waals surface area contributed by atoms with E-state index in [0.717, 1.165) is 55.0 Å². The van der Waals surface area contributed by atoms with Crippen molar-refractivity contribution in [2.24, 2.45) is 0 Å². The highest BCUT2D eigenvalue weighted by Gasteiger charge is 2.23. The summed E-state index contributed by atoms with van der Waals surface area (Å²) in [5.74, 6) is 1.71. The molecule has 0 saturated carbocycles. The first kappa shape index (κ1) is 18.1. The van der Waals surface area contributed by atoms with Crippen molar-refractivity contribution in [1.29, 1.82) is 0 Å². The Morgan fingerprint density at radius 2 is 1.89 bits per heavy atom. The maximum absolute atomic E-state index is 5.66. The summed E-state index contributed by atoms with van der Waals surface area (Å²) in [7, 11) is 0. The summed E-state index contributed by atoms with van der Waals surface area (Å²) in [5, 5.41) is 4.26. The van der Waals surface area contributed by atoms with Gasteiger partial charge in [0.15, 0.2) is 16.6 Å². The molecule has 0 aliphatic carbocycles. The second kappa shape index (κ2) is 7.74. The lowest BCUT2D eigenvalue weighted by Crippen LogP contribution is -3.13. The molecule has 0 aromatic heterocycles. The topological polar surface area (TPSA) is 38.2 Å². The van der Waals surface area contributed by atoms with Crippen molar-refractivity contribution >= 4 is 23.0 Å². The van der Waals surface area contributed by atoms with Gasteiger partial charge in [-0.3, -0.25) is 0 Å². The fraction of sp³-hybridized carbons (Fsp3) is 0.381. The third-order valence-corrected chi connectivity index (χ3v) is 5.86. The molecule has 27 heavy (non-hydrogen) atoms. The Labute approximate surface area is 165 Å². The summed E-state index contributed by atoms with van der Waals surface area (Å²) in [6.07, 6.45) is 0. The Balaban J connectivity index is 1.31. The van der Waals surface area contributed by atoms with Crippen molar-refractivity contribution in [3.63, 3.8) is 0 Å². The molecule has 0 atom stereocenters. The first-order valence-electron chi connectivity index (χ1n) is 9.44. The van der Waals surface area contributed by atoms with E-state index in [4.69, 9.17) is 21.7 Å². The van der Waals surface area contributed by atoms with E-state index in [2.05, 4.69) is 54.4 Å². The summed E-state index contributed by atoms with van der Waals surface area (Å²) in [6, 6.07) is 12.5. The monoisotopic (exact) mass is 384 g/mol. The van der Waals surface area contributed by atoms with E-state index < -0.39 is 0 Å². The molecule has 142 valence electrons. The van der Waals surface area contributed by atoms with Crippen LogP contribution in [-0.2, 0) is 6.54 Å². The maximum atomic E-state index is 5.66. The summed E-state index contributed by atoms with van der Waals surface area (Å²) in [6.45, 7) is 9.67. The number of fused-ring (bicyclic) bond motifs is 1. The van der Waals surface area contributed by atoms with Crippen LogP contribution in [0.25, 0.3) is 0 Å². The van der Waals surface area contributed by atoms with Crippen LogP contribution in [0, 0.1) is 13.8 Å². The maximum Gasteiger partial charge on any atom is 0.231 e. The normalized spacial score (nSPS) is 16.4. The summed E-state index contributed by atoms with van der Waals surface area (Å²) >= 11 is 5.66. The quantitative estimate of drug-likeness (QED) is 0.794. The zero-order chi connectivity index (χ0) is 18.8. The Morgan fingerprint density at radius 1 is 1.11 bits per heavy atom. The number of thiocarbonyl (C=S) groups is 1. The lowest BCUT2D eigenvalue weighted by Gasteiger charge is -2.34. The largest absolute Gasteiger partial charge is 0.454 e. The van der Waals surface area contributed by atoms with Gasteiger partial charge in [-0.15, -0.1) is 0 Å². The first-order chi connectivity index (χ1) is 13.1. The third-order valence-electron chi connectivity index (χ3n) is 5.50. The van der Waals surface area contributed by atoms with Gasteiger partial charge in [0.2, 0.25) is 6.79 Å². The van der Waals surface area contributed by atoms with Crippen molar-refractivity contribution in [2.75, 3.05) is 38.3 Å². The van der Waals surface area contributed by atoms with Crippen molar-refractivity contribution in [1.82, 2.24) is 4.90 Å². The smallest absolute Gasteiger partial charge is 0.231 e. The molecule has 2 aromatic rings. The molecular formula is C21H26N3O2S+. The number of piperazine rings is 1. The SMILES string of the molecule is Cc1cccc(NC(=S)N2CC[NH+](Cc3ccc4c(c3)OCO4)CC2)c1C. The van der Waals surface area contributed by atoms with Crippen molar-refractivity contribution in [3.05, 3.63) is 53.1 Å². The number of anilines is 1. The van der Waals surface area contributed by atoms with Crippen LogP contribution in [0.1, 0.15) is 16.7 Å². The predicted octanol–water partition coefficient (Wildman–Crippen LogP) is 2.13. The molecule has 2 heterocycles. The molecule has 1 saturated heterocycles. The van der Waals surface area contributed by atoms with Crippen LogP contribution in [0.4, 0.5) is 5.69 Å². The van der Waals surface area contributed by atoms with Crippen LogP contribution in [0.3, 0.4) is 0 Å². The van der Waals surface area contributed by atoms with Crippen molar-refractivity contribution in [3.8, 4) is 11.5 Å². The zero-order valence-corrected chi connectivity index (χ0v) is 16.7. The Morgan fingerprint density at radius 3 is 2.70 bits per heavy atom. The number of benzene rings is 2. The number of ether oxygens (including phenoxy) is 2. The fourth-order valence-electron chi connectivity index (χ4n) is 3.62. The number of nitrogens with zero attached hydrogens (tertiary/aromatic N) is 1. The number of hydrogen-bond acceptors (Lipinski definition) is 3. The average molecular weight is 385 g/mol. The summed E-state index contributed by atoms with van der Waals surface area (Å²) in [5.41, 5.74) is 4.93. The highest BCUT2D eigenvalue weighted by molar-refractivity contribution is 7.80. The second-order valence-electron chi connectivity index (χ2n) is 7.28. The van der Waals surface area contributed by atoms with Gasteiger partial charge >= 0.3 is 0 Å². The first-order valence-corrected chi connectivity index (χ1v) is 9.85. The summed E-state index contributed by atoms with van der Waals surface area (Å²) < 4.78 is 10.9. The minimum Gasteiger partial charge on any atom is -0.454 e. The number of aryl methyl sites for hydroxylation is 1. The van der Waals surface area contributed by atoms with Gasteiger partial charge in [0.25, 0.3) is 0 Å². The molecule has 2 N–H and O–H groups in total. The van der Waals surface area contributed by atoms with Gasteiger partial charge in [-0.2, -0.15) is 0 Å². The molecular weight excluding hydrogens is 358 g/mol. The molecule has 0 unspecified atom stereocenters. The minimum absolute atomic E-state index is 0.329.